The molecule has 7 nitrogen and oxygen atoms in total. The third-order valence-corrected chi connectivity index (χ3v) is 2.47. The molecule has 1 heterocycles. The van der Waals surface area contributed by atoms with E-state index in [1.54, 1.807) is 13.8 Å². The summed E-state index contributed by atoms with van der Waals surface area (Å²) in [4.78, 5) is 17.0. The molecule has 0 aliphatic rings. The molecule has 0 bridgehead atoms. The van der Waals surface area contributed by atoms with Crippen LogP contribution in [0.3, 0.4) is 0 Å². The maximum absolute atomic E-state index is 11.0. The van der Waals surface area contributed by atoms with Crippen molar-refractivity contribution >= 4 is 5.91 Å². The summed E-state index contributed by atoms with van der Waals surface area (Å²) in [6, 6.07) is 0.152. The summed E-state index contributed by atoms with van der Waals surface area (Å²) in [6.45, 7) is 8.06. The largest absolute Gasteiger partial charge is 0.369 e. The van der Waals surface area contributed by atoms with Crippen molar-refractivity contribution in [2.45, 2.75) is 45.8 Å². The van der Waals surface area contributed by atoms with Gasteiger partial charge in [0.05, 0.1) is 18.6 Å². The first-order valence-corrected chi connectivity index (χ1v) is 5.84. The third kappa shape index (κ3) is 4.08. The standard InChI is InChI=1S/C11H21N5O2/c1-7(2)16(5-8(12)17)6-9-14-10(15-18-9)11(3,4)13/h7H,5-6,13H2,1-4H3,(H2,12,17). The van der Waals surface area contributed by atoms with E-state index in [0.717, 1.165) is 0 Å². The smallest absolute Gasteiger partial charge is 0.240 e. The zero-order valence-electron chi connectivity index (χ0n) is 11.3. The van der Waals surface area contributed by atoms with Crippen molar-refractivity contribution in [1.82, 2.24) is 15.0 Å². The molecule has 0 aliphatic carbocycles. The number of carbonyl (C=O) groups excluding carboxylic acids is 1. The first kappa shape index (κ1) is 14.6. The summed E-state index contributed by atoms with van der Waals surface area (Å²) in [5.74, 6) is 0.487. The van der Waals surface area contributed by atoms with E-state index in [0.29, 0.717) is 18.3 Å². The van der Waals surface area contributed by atoms with Gasteiger partial charge >= 0.3 is 0 Å². The molecule has 0 unspecified atom stereocenters. The number of hydrogen-bond acceptors (Lipinski definition) is 6. The van der Waals surface area contributed by atoms with E-state index in [1.165, 1.54) is 0 Å². The number of rotatable bonds is 6. The lowest BCUT2D eigenvalue weighted by molar-refractivity contribution is -0.119. The van der Waals surface area contributed by atoms with Crippen molar-refractivity contribution in [1.29, 1.82) is 0 Å². The highest BCUT2D eigenvalue weighted by Crippen LogP contribution is 2.14. The monoisotopic (exact) mass is 255 g/mol. The zero-order valence-corrected chi connectivity index (χ0v) is 11.3. The van der Waals surface area contributed by atoms with Crippen LogP contribution < -0.4 is 11.5 Å². The van der Waals surface area contributed by atoms with Gasteiger partial charge < -0.3 is 16.0 Å². The molecule has 7 heteroatoms. The van der Waals surface area contributed by atoms with Gasteiger partial charge in [-0.2, -0.15) is 4.98 Å². The number of carbonyl (C=O) groups is 1. The Bertz CT molecular complexity index is 408. The van der Waals surface area contributed by atoms with Crippen LogP contribution in [0.2, 0.25) is 0 Å². The Hall–Kier alpha value is -1.47. The van der Waals surface area contributed by atoms with Crippen molar-refractivity contribution in [3.8, 4) is 0 Å². The highest BCUT2D eigenvalue weighted by atomic mass is 16.5. The van der Waals surface area contributed by atoms with Crippen molar-refractivity contribution in [2.24, 2.45) is 11.5 Å². The minimum atomic E-state index is -0.645. The lowest BCUT2D eigenvalue weighted by Crippen LogP contribution is -2.38. The van der Waals surface area contributed by atoms with Gasteiger partial charge in [-0.25, -0.2) is 0 Å². The van der Waals surface area contributed by atoms with Gasteiger partial charge in [0, 0.05) is 6.04 Å². The van der Waals surface area contributed by atoms with Crippen molar-refractivity contribution in [3.63, 3.8) is 0 Å². The zero-order chi connectivity index (χ0) is 13.9. The van der Waals surface area contributed by atoms with E-state index < -0.39 is 5.54 Å². The van der Waals surface area contributed by atoms with E-state index in [9.17, 15) is 4.79 Å². The number of primary amides is 1. The summed E-state index contributed by atoms with van der Waals surface area (Å²) in [7, 11) is 0. The van der Waals surface area contributed by atoms with Crippen LogP contribution >= 0.6 is 0 Å². The van der Waals surface area contributed by atoms with E-state index in [4.69, 9.17) is 16.0 Å². The van der Waals surface area contributed by atoms with Gasteiger partial charge in [0.25, 0.3) is 0 Å². The van der Waals surface area contributed by atoms with Crippen LogP contribution in [0.1, 0.15) is 39.4 Å². The average molecular weight is 255 g/mol. The molecule has 0 saturated heterocycles. The summed E-state index contributed by atoms with van der Waals surface area (Å²) in [5.41, 5.74) is 10.4. The Morgan fingerprint density at radius 3 is 2.50 bits per heavy atom. The molecular weight excluding hydrogens is 234 g/mol. The molecule has 1 rings (SSSR count). The molecule has 0 aromatic carbocycles. The lowest BCUT2D eigenvalue weighted by Gasteiger charge is -2.22. The SMILES string of the molecule is CC(C)N(CC(N)=O)Cc1nc(C(C)(C)N)no1. The number of nitrogens with two attached hydrogens (primary N) is 2. The van der Waals surface area contributed by atoms with Gasteiger partial charge in [-0.3, -0.25) is 9.69 Å². The summed E-state index contributed by atoms with van der Waals surface area (Å²) < 4.78 is 5.12. The number of aromatic nitrogens is 2. The first-order chi connectivity index (χ1) is 8.20. The highest BCUT2D eigenvalue weighted by molar-refractivity contribution is 5.75. The van der Waals surface area contributed by atoms with Gasteiger partial charge in [0.1, 0.15) is 0 Å². The molecule has 0 fully saturated rings. The summed E-state index contributed by atoms with van der Waals surface area (Å²) in [6.07, 6.45) is 0. The predicted octanol–water partition coefficient (Wildman–Crippen LogP) is -0.0409. The Kier molecular flexibility index (Phi) is 4.42. The molecule has 102 valence electrons. The van der Waals surface area contributed by atoms with Crippen molar-refractivity contribution in [2.75, 3.05) is 6.54 Å². The van der Waals surface area contributed by atoms with E-state index >= 15 is 0 Å². The van der Waals surface area contributed by atoms with Gasteiger partial charge in [0.15, 0.2) is 5.82 Å². The highest BCUT2D eigenvalue weighted by Gasteiger charge is 2.23. The Labute approximate surface area is 107 Å². The van der Waals surface area contributed by atoms with Crippen LogP contribution in [0.5, 0.6) is 0 Å². The molecule has 0 atom stereocenters. The minimum Gasteiger partial charge on any atom is -0.369 e. The van der Waals surface area contributed by atoms with Crippen LogP contribution in [0.4, 0.5) is 0 Å². The molecule has 0 saturated carbocycles. The predicted molar refractivity (Wildman–Crippen MR) is 66.3 cm³/mol. The van der Waals surface area contributed by atoms with Crippen LogP contribution in [-0.2, 0) is 16.9 Å². The lowest BCUT2D eigenvalue weighted by atomic mass is 10.1. The molecule has 0 spiro atoms. The summed E-state index contributed by atoms with van der Waals surface area (Å²) >= 11 is 0. The molecule has 1 aromatic rings. The van der Waals surface area contributed by atoms with Crippen LogP contribution in [0.15, 0.2) is 4.52 Å². The van der Waals surface area contributed by atoms with E-state index in [-0.39, 0.29) is 18.5 Å². The average Bonchev–Trinajstić information content (AvgIpc) is 2.63. The molecule has 18 heavy (non-hydrogen) atoms. The molecule has 4 N–H and O–H groups in total. The fourth-order valence-corrected chi connectivity index (χ4v) is 1.38. The van der Waals surface area contributed by atoms with Gasteiger partial charge in [-0.1, -0.05) is 5.16 Å². The summed E-state index contributed by atoms with van der Waals surface area (Å²) in [5, 5.41) is 3.83. The fraction of sp³-hybridized carbons (Fsp3) is 0.727. The Morgan fingerprint density at radius 1 is 1.50 bits per heavy atom. The number of hydrogen-bond donors (Lipinski definition) is 2. The molecule has 0 aliphatic heterocycles. The molecular formula is C11H21N5O2. The molecule has 1 aromatic heterocycles. The normalized spacial score (nSPS) is 12.4. The van der Waals surface area contributed by atoms with Crippen molar-refractivity contribution < 1.29 is 9.32 Å². The second-order valence-corrected chi connectivity index (χ2v) is 5.20. The number of amides is 1. The third-order valence-electron chi connectivity index (χ3n) is 2.47. The van der Waals surface area contributed by atoms with Crippen LogP contribution in [0, 0.1) is 0 Å². The Morgan fingerprint density at radius 2 is 2.11 bits per heavy atom. The quantitative estimate of drug-likeness (QED) is 0.737. The first-order valence-electron chi connectivity index (χ1n) is 5.84. The minimum absolute atomic E-state index is 0.152. The fourth-order valence-electron chi connectivity index (χ4n) is 1.38. The number of nitrogens with zero attached hydrogens (tertiary/aromatic N) is 3. The second kappa shape index (κ2) is 5.45. The topological polar surface area (TPSA) is 111 Å². The van der Waals surface area contributed by atoms with E-state index in [1.807, 2.05) is 18.7 Å². The maximum Gasteiger partial charge on any atom is 0.240 e. The maximum atomic E-state index is 11.0. The second-order valence-electron chi connectivity index (χ2n) is 5.20. The van der Waals surface area contributed by atoms with Gasteiger partial charge in [-0.05, 0) is 27.7 Å². The molecule has 1 amide bonds. The van der Waals surface area contributed by atoms with Crippen LogP contribution in [0.25, 0.3) is 0 Å². The van der Waals surface area contributed by atoms with Crippen LogP contribution in [-0.4, -0.2) is 33.5 Å². The van der Waals surface area contributed by atoms with Gasteiger partial charge in [-0.15, -0.1) is 0 Å². The Balaban J connectivity index is 2.76. The van der Waals surface area contributed by atoms with E-state index in [2.05, 4.69) is 10.1 Å². The van der Waals surface area contributed by atoms with Crippen molar-refractivity contribution in [3.05, 3.63) is 11.7 Å². The molecule has 0 radical (unpaired) electrons. The van der Waals surface area contributed by atoms with Gasteiger partial charge in [0.2, 0.25) is 11.8 Å².